The Kier molecular flexibility index (Phi) is 2.68. The van der Waals surface area contributed by atoms with E-state index in [2.05, 4.69) is 4.98 Å². The molecular formula is C11H11NO2S. The highest BCUT2D eigenvalue weighted by Crippen LogP contribution is 2.29. The average molecular weight is 221 g/mol. The Bertz CT molecular complexity index is 504. The average Bonchev–Trinajstić information content (AvgIpc) is 2.61. The van der Waals surface area contributed by atoms with Gasteiger partial charge in [0, 0.05) is 22.0 Å². The summed E-state index contributed by atoms with van der Waals surface area (Å²) in [6, 6.07) is 5.70. The zero-order valence-corrected chi connectivity index (χ0v) is 9.10. The van der Waals surface area contributed by atoms with Gasteiger partial charge in [-0.1, -0.05) is 12.1 Å². The first-order valence-corrected chi connectivity index (χ1v) is 5.79. The molecule has 1 aromatic heterocycles. The van der Waals surface area contributed by atoms with Crippen molar-refractivity contribution in [3.8, 4) is 0 Å². The fourth-order valence-corrected chi connectivity index (χ4v) is 2.32. The SMILES string of the molecule is CSc1c[nH]c2cccc(CC(=O)O)c12. The van der Waals surface area contributed by atoms with Gasteiger partial charge in [-0.3, -0.25) is 4.79 Å². The topological polar surface area (TPSA) is 53.1 Å². The second kappa shape index (κ2) is 3.98. The van der Waals surface area contributed by atoms with Crippen LogP contribution in [0, 0.1) is 0 Å². The molecule has 0 bridgehead atoms. The monoisotopic (exact) mass is 221 g/mol. The summed E-state index contributed by atoms with van der Waals surface area (Å²) in [6.07, 6.45) is 3.98. The minimum atomic E-state index is -0.796. The fourth-order valence-electron chi connectivity index (χ4n) is 1.70. The summed E-state index contributed by atoms with van der Waals surface area (Å²) in [5, 5.41) is 9.85. The van der Waals surface area contributed by atoms with Gasteiger partial charge in [-0.25, -0.2) is 0 Å². The lowest BCUT2D eigenvalue weighted by molar-refractivity contribution is -0.136. The number of H-pyrrole nitrogens is 1. The number of benzene rings is 1. The molecule has 0 atom stereocenters. The van der Waals surface area contributed by atoms with E-state index >= 15 is 0 Å². The molecule has 15 heavy (non-hydrogen) atoms. The summed E-state index contributed by atoms with van der Waals surface area (Å²) < 4.78 is 0. The van der Waals surface area contributed by atoms with E-state index in [0.29, 0.717) is 0 Å². The summed E-state index contributed by atoms with van der Waals surface area (Å²) in [5.41, 5.74) is 1.86. The van der Waals surface area contributed by atoms with Crippen molar-refractivity contribution in [3.63, 3.8) is 0 Å². The van der Waals surface area contributed by atoms with Crippen LogP contribution in [-0.4, -0.2) is 22.3 Å². The number of thioether (sulfide) groups is 1. The zero-order chi connectivity index (χ0) is 10.8. The molecule has 1 heterocycles. The summed E-state index contributed by atoms with van der Waals surface area (Å²) >= 11 is 1.62. The van der Waals surface area contributed by atoms with Crippen molar-refractivity contribution in [3.05, 3.63) is 30.0 Å². The second-order valence-electron chi connectivity index (χ2n) is 3.27. The van der Waals surface area contributed by atoms with Crippen LogP contribution in [0.5, 0.6) is 0 Å². The lowest BCUT2D eigenvalue weighted by Gasteiger charge is -2.01. The number of nitrogens with one attached hydrogen (secondary N) is 1. The summed E-state index contributed by atoms with van der Waals surface area (Å²) in [5.74, 6) is -0.796. The van der Waals surface area contributed by atoms with Crippen molar-refractivity contribution in [2.45, 2.75) is 11.3 Å². The van der Waals surface area contributed by atoms with Crippen LogP contribution in [-0.2, 0) is 11.2 Å². The van der Waals surface area contributed by atoms with Gasteiger partial charge in [0.2, 0.25) is 0 Å². The van der Waals surface area contributed by atoms with Gasteiger partial charge < -0.3 is 10.1 Å². The number of carboxylic acid groups (broad SMARTS) is 1. The molecule has 0 saturated heterocycles. The zero-order valence-electron chi connectivity index (χ0n) is 8.28. The Morgan fingerprint density at radius 3 is 3.00 bits per heavy atom. The Balaban J connectivity index is 2.61. The van der Waals surface area contributed by atoms with Crippen LogP contribution in [0.3, 0.4) is 0 Å². The fraction of sp³-hybridized carbons (Fsp3) is 0.182. The highest BCUT2D eigenvalue weighted by Gasteiger charge is 2.09. The Morgan fingerprint density at radius 2 is 2.33 bits per heavy atom. The number of aromatic nitrogens is 1. The second-order valence-corrected chi connectivity index (χ2v) is 4.12. The molecule has 0 aliphatic carbocycles. The molecule has 0 unspecified atom stereocenters. The highest BCUT2D eigenvalue weighted by atomic mass is 32.2. The minimum absolute atomic E-state index is 0.0722. The summed E-state index contributed by atoms with van der Waals surface area (Å²) in [4.78, 5) is 15.0. The molecular weight excluding hydrogens is 210 g/mol. The first-order valence-electron chi connectivity index (χ1n) is 4.57. The maximum Gasteiger partial charge on any atom is 0.307 e. The predicted octanol–water partition coefficient (Wildman–Crippen LogP) is 2.52. The lowest BCUT2D eigenvalue weighted by Crippen LogP contribution is -2.00. The first-order chi connectivity index (χ1) is 7.22. The number of hydrogen-bond donors (Lipinski definition) is 2. The van der Waals surface area contributed by atoms with E-state index in [0.717, 1.165) is 21.4 Å². The van der Waals surface area contributed by atoms with E-state index in [4.69, 9.17) is 5.11 Å². The van der Waals surface area contributed by atoms with Crippen LogP contribution < -0.4 is 0 Å². The number of aliphatic carboxylic acids is 1. The molecule has 0 aliphatic rings. The number of aromatic amines is 1. The molecule has 2 N–H and O–H groups in total. The molecule has 1 aromatic carbocycles. The minimum Gasteiger partial charge on any atom is -0.481 e. The molecule has 0 aliphatic heterocycles. The van der Waals surface area contributed by atoms with Crippen LogP contribution in [0.4, 0.5) is 0 Å². The van der Waals surface area contributed by atoms with Gasteiger partial charge in [0.05, 0.1) is 6.42 Å². The van der Waals surface area contributed by atoms with Crippen molar-refractivity contribution >= 4 is 28.6 Å². The third-order valence-corrected chi connectivity index (χ3v) is 3.08. The molecule has 3 nitrogen and oxygen atoms in total. The quantitative estimate of drug-likeness (QED) is 0.783. The number of rotatable bonds is 3. The van der Waals surface area contributed by atoms with Gasteiger partial charge in [0.25, 0.3) is 0 Å². The van der Waals surface area contributed by atoms with E-state index < -0.39 is 5.97 Å². The van der Waals surface area contributed by atoms with Gasteiger partial charge in [-0.05, 0) is 17.9 Å². The first kappa shape index (κ1) is 10.1. The normalized spacial score (nSPS) is 10.7. The van der Waals surface area contributed by atoms with Crippen LogP contribution in [0.15, 0.2) is 29.3 Å². The Morgan fingerprint density at radius 1 is 1.53 bits per heavy atom. The molecule has 0 radical (unpaired) electrons. The van der Waals surface area contributed by atoms with Crippen molar-refractivity contribution in [1.29, 1.82) is 0 Å². The van der Waals surface area contributed by atoms with Crippen molar-refractivity contribution in [1.82, 2.24) is 4.98 Å². The maximum absolute atomic E-state index is 10.7. The number of carbonyl (C=O) groups is 1. The number of carboxylic acids is 1. The summed E-state index contributed by atoms with van der Waals surface area (Å²) in [6.45, 7) is 0. The van der Waals surface area contributed by atoms with E-state index in [9.17, 15) is 4.79 Å². The Hall–Kier alpha value is -1.42. The van der Waals surface area contributed by atoms with Gasteiger partial charge in [-0.15, -0.1) is 11.8 Å². The molecule has 0 amide bonds. The van der Waals surface area contributed by atoms with Crippen molar-refractivity contribution in [2.75, 3.05) is 6.26 Å². The maximum atomic E-state index is 10.7. The van der Waals surface area contributed by atoms with Gasteiger partial charge in [-0.2, -0.15) is 0 Å². The number of hydrogen-bond acceptors (Lipinski definition) is 2. The van der Waals surface area contributed by atoms with Crippen molar-refractivity contribution < 1.29 is 9.90 Å². The number of fused-ring (bicyclic) bond motifs is 1. The smallest absolute Gasteiger partial charge is 0.307 e. The van der Waals surface area contributed by atoms with Crippen LogP contribution in [0.2, 0.25) is 0 Å². The van der Waals surface area contributed by atoms with Crippen LogP contribution in [0.25, 0.3) is 10.9 Å². The van der Waals surface area contributed by atoms with Crippen molar-refractivity contribution in [2.24, 2.45) is 0 Å². The van der Waals surface area contributed by atoms with E-state index in [-0.39, 0.29) is 6.42 Å². The largest absolute Gasteiger partial charge is 0.481 e. The van der Waals surface area contributed by atoms with Crippen LogP contribution in [0.1, 0.15) is 5.56 Å². The molecule has 4 heteroatoms. The standard InChI is InChI=1S/C11H11NO2S/c1-15-9-6-12-8-4-2-3-7(11(8)9)5-10(13)14/h2-4,6,12H,5H2,1H3,(H,13,14). The highest BCUT2D eigenvalue weighted by molar-refractivity contribution is 7.98. The third kappa shape index (κ3) is 1.85. The van der Waals surface area contributed by atoms with Gasteiger partial charge in [0.1, 0.15) is 0 Å². The van der Waals surface area contributed by atoms with Crippen LogP contribution >= 0.6 is 11.8 Å². The molecule has 0 saturated carbocycles. The molecule has 0 spiro atoms. The summed E-state index contributed by atoms with van der Waals surface area (Å²) in [7, 11) is 0. The van der Waals surface area contributed by atoms with Gasteiger partial charge in [0.15, 0.2) is 0 Å². The van der Waals surface area contributed by atoms with E-state index in [1.165, 1.54) is 0 Å². The van der Waals surface area contributed by atoms with Gasteiger partial charge >= 0.3 is 5.97 Å². The molecule has 78 valence electrons. The molecule has 2 rings (SSSR count). The van der Waals surface area contributed by atoms with E-state index in [1.807, 2.05) is 30.7 Å². The Labute approximate surface area is 91.5 Å². The lowest BCUT2D eigenvalue weighted by atomic mass is 10.1. The predicted molar refractivity (Wildman–Crippen MR) is 61.4 cm³/mol. The molecule has 0 fully saturated rings. The molecule has 2 aromatic rings. The third-order valence-electron chi connectivity index (χ3n) is 2.32. The van der Waals surface area contributed by atoms with E-state index in [1.54, 1.807) is 11.8 Å².